The van der Waals surface area contributed by atoms with Gasteiger partial charge in [-0.15, -0.1) is 0 Å². The molecule has 0 unspecified atom stereocenters. The van der Waals surface area contributed by atoms with Gasteiger partial charge in [0.1, 0.15) is 11.5 Å². The topological polar surface area (TPSA) is 47.9 Å². The van der Waals surface area contributed by atoms with Gasteiger partial charge in [-0.3, -0.25) is 4.98 Å². The lowest BCUT2D eigenvalue weighted by atomic mass is 9.81. The van der Waals surface area contributed by atoms with E-state index in [2.05, 4.69) is 164 Å². The number of nitrogens with zero attached hydrogens (tertiary/aromatic N) is 3. The van der Waals surface area contributed by atoms with E-state index in [1.54, 1.807) is 0 Å². The van der Waals surface area contributed by atoms with E-state index in [1.807, 2.05) is 36.5 Å². The van der Waals surface area contributed by atoms with E-state index >= 15 is 0 Å². The van der Waals surface area contributed by atoms with Gasteiger partial charge >= 0.3 is 0 Å². The van der Waals surface area contributed by atoms with Crippen molar-refractivity contribution in [1.82, 2.24) is 15.0 Å². The predicted octanol–water partition coefficient (Wildman–Crippen LogP) is 14.4. The van der Waals surface area contributed by atoms with Crippen molar-refractivity contribution in [1.29, 1.82) is 0 Å². The van der Waals surface area contributed by atoms with Crippen LogP contribution in [0.1, 0.15) is 0 Å². The van der Waals surface area contributed by atoms with Crippen LogP contribution >= 0.6 is 0 Å². The van der Waals surface area contributed by atoms with Crippen LogP contribution in [-0.2, 0) is 0 Å². The molecule has 0 atom stereocenters. The fraction of sp³-hybridized carbons (Fsp3) is 0. The molecular weight excluding hydrogens is 719 g/mol. The second-order valence-electron chi connectivity index (χ2n) is 15.1. The molecule has 2 aliphatic rings. The van der Waals surface area contributed by atoms with E-state index in [0.29, 0.717) is 5.82 Å². The Morgan fingerprint density at radius 3 is 1.76 bits per heavy atom. The van der Waals surface area contributed by atoms with Crippen LogP contribution in [0, 0.1) is 0 Å². The Balaban J connectivity index is 1.15. The zero-order valence-electron chi connectivity index (χ0n) is 31.8. The quantitative estimate of drug-likeness (QED) is 0.176. The summed E-state index contributed by atoms with van der Waals surface area (Å²) in [7, 11) is 0. The van der Waals surface area contributed by atoms with Crippen LogP contribution in [0.25, 0.3) is 112 Å². The van der Waals surface area contributed by atoms with Crippen LogP contribution < -0.4 is 4.74 Å². The predicted molar refractivity (Wildman–Crippen MR) is 240 cm³/mol. The minimum absolute atomic E-state index is 0.692. The van der Waals surface area contributed by atoms with Crippen LogP contribution in [0.3, 0.4) is 0 Å². The van der Waals surface area contributed by atoms with Gasteiger partial charge in [0, 0.05) is 50.5 Å². The minimum atomic E-state index is 0.692. The lowest BCUT2D eigenvalue weighted by molar-refractivity contribution is 0.486. The van der Waals surface area contributed by atoms with Crippen molar-refractivity contribution >= 4 is 10.9 Å². The third kappa shape index (κ3) is 5.34. The summed E-state index contributed by atoms with van der Waals surface area (Å²) in [6, 6.07) is 68.4. The van der Waals surface area contributed by atoms with Crippen LogP contribution in [0.4, 0.5) is 0 Å². The maximum Gasteiger partial charge on any atom is 0.160 e. The first-order valence-electron chi connectivity index (χ1n) is 19.9. The Hall–Kier alpha value is -7.95. The summed E-state index contributed by atoms with van der Waals surface area (Å²) in [5.74, 6) is 2.37. The van der Waals surface area contributed by atoms with Gasteiger partial charge in [0.05, 0.1) is 16.9 Å². The van der Waals surface area contributed by atoms with Gasteiger partial charge in [-0.1, -0.05) is 164 Å². The van der Waals surface area contributed by atoms with Gasteiger partial charge in [0.2, 0.25) is 0 Å². The second kappa shape index (κ2) is 13.3. The molecule has 4 nitrogen and oxygen atoms in total. The van der Waals surface area contributed by atoms with Crippen LogP contribution in [0.5, 0.6) is 11.5 Å². The summed E-state index contributed by atoms with van der Waals surface area (Å²) in [4.78, 5) is 15.2. The number of para-hydroxylation sites is 2. The second-order valence-corrected chi connectivity index (χ2v) is 15.1. The largest absolute Gasteiger partial charge is 0.456 e. The van der Waals surface area contributed by atoms with Crippen molar-refractivity contribution in [2.75, 3.05) is 0 Å². The molecule has 0 fully saturated rings. The Bertz CT molecular complexity index is 3240. The molecule has 1 aliphatic heterocycles. The van der Waals surface area contributed by atoms with Crippen LogP contribution in [0.15, 0.2) is 200 Å². The summed E-state index contributed by atoms with van der Waals surface area (Å²) < 4.78 is 6.92. The molecule has 12 rings (SSSR count). The normalized spacial score (nSPS) is 11.9. The third-order valence-electron chi connectivity index (χ3n) is 11.7. The van der Waals surface area contributed by atoms with Crippen molar-refractivity contribution < 1.29 is 4.74 Å². The van der Waals surface area contributed by atoms with Crippen LogP contribution in [-0.4, -0.2) is 15.0 Å². The molecule has 6 bridgehead atoms. The van der Waals surface area contributed by atoms with E-state index in [4.69, 9.17) is 19.7 Å². The van der Waals surface area contributed by atoms with Gasteiger partial charge in [0.15, 0.2) is 5.82 Å². The van der Waals surface area contributed by atoms with Gasteiger partial charge < -0.3 is 4.74 Å². The molecule has 10 aromatic rings. The van der Waals surface area contributed by atoms with Gasteiger partial charge in [-0.2, -0.15) is 0 Å². The first kappa shape index (κ1) is 33.2. The Morgan fingerprint density at radius 2 is 0.898 bits per heavy atom. The van der Waals surface area contributed by atoms with Crippen molar-refractivity contribution in [3.05, 3.63) is 200 Å². The molecule has 0 spiro atoms. The highest BCUT2D eigenvalue weighted by Crippen LogP contribution is 2.60. The average molecular weight is 752 g/mol. The maximum absolute atomic E-state index is 6.92. The minimum Gasteiger partial charge on any atom is -0.456 e. The monoisotopic (exact) mass is 751 g/mol. The molecule has 4 heteroatoms. The van der Waals surface area contributed by atoms with Crippen molar-refractivity contribution in [3.8, 4) is 112 Å². The van der Waals surface area contributed by atoms with E-state index in [9.17, 15) is 0 Å². The summed E-state index contributed by atoms with van der Waals surface area (Å²) >= 11 is 0. The number of benzene rings is 8. The first-order valence-corrected chi connectivity index (χ1v) is 19.9. The molecule has 0 radical (unpaired) electrons. The molecular formula is C55H33N3O. The average Bonchev–Trinajstić information content (AvgIpc) is 3.35. The number of aromatic nitrogens is 3. The van der Waals surface area contributed by atoms with E-state index in [0.717, 1.165) is 112 Å². The number of pyridine rings is 1. The molecule has 0 N–H and O–H groups in total. The van der Waals surface area contributed by atoms with Crippen molar-refractivity contribution in [2.24, 2.45) is 0 Å². The third-order valence-corrected chi connectivity index (χ3v) is 11.7. The number of fused-ring (bicyclic) bond motifs is 4. The van der Waals surface area contributed by atoms with Gasteiger partial charge in [0.25, 0.3) is 0 Å². The maximum atomic E-state index is 6.92. The lowest BCUT2D eigenvalue weighted by Crippen LogP contribution is -1.98. The Labute approximate surface area is 341 Å². The standard InChI is InChI=1S/C55H33N3O/c1-3-14-34(15-4-1)46-33-47(58-55(57-46)36-16-5-2-6-17-36)38-20-9-19-37(32-38)39-23-11-26-45-50-40-24-12-28-49(50)59-48-27-8-7-22-44(48)52-41(40)29-30-42(53(52)51(39)45)43-25-10-18-35-21-13-31-56-54(35)43/h1-33H. The SMILES string of the molecule is c1ccc(-c2cc(-c3cccc(-c4cccc5c4-c4c(-c6cccc7cccnc67)ccc6c4-c4ccccc4Oc4cccc-6c4-5)c3)nc(-c3ccccc3)n2)cc1. The molecule has 0 saturated carbocycles. The van der Waals surface area contributed by atoms with E-state index in [-0.39, 0.29) is 0 Å². The Morgan fingerprint density at radius 1 is 0.322 bits per heavy atom. The summed E-state index contributed by atoms with van der Waals surface area (Å²) in [5, 5.41) is 1.10. The zero-order chi connectivity index (χ0) is 38.9. The molecule has 274 valence electrons. The molecule has 59 heavy (non-hydrogen) atoms. The highest BCUT2D eigenvalue weighted by Gasteiger charge is 2.33. The number of rotatable bonds is 5. The molecule has 0 amide bonds. The van der Waals surface area contributed by atoms with E-state index in [1.165, 1.54) is 5.56 Å². The zero-order valence-corrected chi connectivity index (χ0v) is 31.8. The molecule has 1 aliphatic carbocycles. The molecule has 2 aromatic heterocycles. The number of ether oxygens (including phenoxy) is 1. The van der Waals surface area contributed by atoms with Crippen molar-refractivity contribution in [2.45, 2.75) is 0 Å². The highest BCUT2D eigenvalue weighted by molar-refractivity contribution is 6.16. The fourth-order valence-corrected chi connectivity index (χ4v) is 9.10. The molecule has 0 saturated heterocycles. The summed E-state index contributed by atoms with van der Waals surface area (Å²) in [6.45, 7) is 0. The molecule has 8 aromatic carbocycles. The summed E-state index contributed by atoms with van der Waals surface area (Å²) in [6.07, 6.45) is 1.89. The number of hydrogen-bond donors (Lipinski definition) is 0. The van der Waals surface area contributed by atoms with Crippen LogP contribution in [0.2, 0.25) is 0 Å². The number of hydrogen-bond acceptors (Lipinski definition) is 4. The fourth-order valence-electron chi connectivity index (χ4n) is 9.10. The van der Waals surface area contributed by atoms with E-state index < -0.39 is 0 Å². The van der Waals surface area contributed by atoms with Gasteiger partial charge in [-0.05, 0) is 74.8 Å². The first-order chi connectivity index (χ1) is 29.3. The van der Waals surface area contributed by atoms with Crippen molar-refractivity contribution in [3.63, 3.8) is 0 Å². The lowest BCUT2D eigenvalue weighted by Gasteiger charge is -2.23. The Kier molecular flexibility index (Phi) is 7.50. The smallest absolute Gasteiger partial charge is 0.160 e. The highest BCUT2D eigenvalue weighted by atomic mass is 16.5. The van der Waals surface area contributed by atoms with Gasteiger partial charge in [-0.25, -0.2) is 9.97 Å². The molecule has 3 heterocycles. The summed E-state index contributed by atoms with van der Waals surface area (Å²) in [5.41, 5.74) is 19.3.